The van der Waals surface area contributed by atoms with E-state index >= 15 is 0 Å². The van der Waals surface area contributed by atoms with Crippen molar-refractivity contribution in [1.82, 2.24) is 5.32 Å². The summed E-state index contributed by atoms with van der Waals surface area (Å²) < 4.78 is 22.7. The number of hydrogen-bond acceptors (Lipinski definition) is 4. The van der Waals surface area contributed by atoms with Crippen LogP contribution >= 0.6 is 7.60 Å². The van der Waals surface area contributed by atoms with Gasteiger partial charge >= 0.3 is 7.60 Å². The predicted octanol–water partition coefficient (Wildman–Crippen LogP) is 2.33. The monoisotopic (exact) mass is 263 g/mol. The molecule has 6 heteroatoms. The minimum atomic E-state index is -3.09. The normalized spacial score (nSPS) is 15.8. The van der Waals surface area contributed by atoms with E-state index in [4.69, 9.17) is 9.05 Å². The lowest BCUT2D eigenvalue weighted by molar-refractivity contribution is -0.109. The van der Waals surface area contributed by atoms with Crippen LogP contribution in [0.4, 0.5) is 0 Å². The maximum absolute atomic E-state index is 12.3. The van der Waals surface area contributed by atoms with E-state index in [2.05, 4.69) is 5.32 Å². The van der Waals surface area contributed by atoms with Gasteiger partial charge in [0.15, 0.2) is 0 Å². The highest BCUT2D eigenvalue weighted by Crippen LogP contribution is 2.53. The number of hydrogen-bond donors (Lipinski definition) is 1. The Morgan fingerprint density at radius 2 is 1.71 bits per heavy atom. The van der Waals surface area contributed by atoms with Crippen molar-refractivity contribution in [3.63, 3.8) is 0 Å². The predicted molar refractivity (Wildman–Crippen MR) is 68.1 cm³/mol. The Hall–Kier alpha value is -0.640. The van der Waals surface area contributed by atoms with Crippen molar-refractivity contribution in [3.8, 4) is 0 Å². The second-order valence-electron chi connectivity index (χ2n) is 3.57. The van der Waals surface area contributed by atoms with Crippen molar-refractivity contribution in [2.24, 2.45) is 0 Å². The molecule has 1 amide bonds. The van der Waals surface area contributed by atoms with Crippen molar-refractivity contribution < 1.29 is 18.4 Å². The van der Waals surface area contributed by atoms with Gasteiger partial charge in [0, 0.05) is 6.04 Å². The largest absolute Gasteiger partial charge is 0.353 e. The molecule has 0 aliphatic carbocycles. The fourth-order valence-electron chi connectivity index (χ4n) is 1.23. The third-order valence-corrected chi connectivity index (χ3v) is 4.53. The topological polar surface area (TPSA) is 64.6 Å². The van der Waals surface area contributed by atoms with Crippen LogP contribution in [-0.4, -0.2) is 31.3 Å². The van der Waals surface area contributed by atoms with Gasteiger partial charge in [-0.2, -0.15) is 0 Å². The van der Waals surface area contributed by atoms with Crippen LogP contribution in [0.5, 0.6) is 0 Å². The second kappa shape index (κ2) is 8.45. The number of carbonyl (C=O) groups excluding carboxylic acids is 1. The van der Waals surface area contributed by atoms with Gasteiger partial charge in [-0.1, -0.05) is 12.2 Å². The van der Waals surface area contributed by atoms with E-state index < -0.39 is 7.60 Å². The lowest BCUT2D eigenvalue weighted by Gasteiger charge is -2.21. The Bertz CT molecular complexity index is 283. The highest BCUT2D eigenvalue weighted by atomic mass is 31.2. The minimum absolute atomic E-state index is 0.105. The summed E-state index contributed by atoms with van der Waals surface area (Å²) in [6.07, 6.45) is 4.14. The van der Waals surface area contributed by atoms with Gasteiger partial charge in [0.05, 0.1) is 18.9 Å². The van der Waals surface area contributed by atoms with Crippen LogP contribution in [0.3, 0.4) is 0 Å². The Morgan fingerprint density at radius 3 is 2.12 bits per heavy atom. The highest BCUT2D eigenvalue weighted by Gasteiger charge is 2.29. The van der Waals surface area contributed by atoms with Crippen LogP contribution < -0.4 is 5.32 Å². The molecule has 0 saturated carbocycles. The molecule has 1 N–H and O–H groups in total. The molecule has 0 fully saturated rings. The van der Waals surface area contributed by atoms with Gasteiger partial charge in [-0.15, -0.1) is 0 Å². The fourth-order valence-corrected chi connectivity index (χ4v) is 2.80. The molecule has 2 atom stereocenters. The minimum Gasteiger partial charge on any atom is -0.353 e. The summed E-state index contributed by atoms with van der Waals surface area (Å²) in [4.78, 5) is 10.2. The second-order valence-corrected chi connectivity index (χ2v) is 5.98. The van der Waals surface area contributed by atoms with Gasteiger partial charge in [0.2, 0.25) is 6.41 Å². The van der Waals surface area contributed by atoms with E-state index in [1.54, 1.807) is 32.9 Å². The molecule has 17 heavy (non-hydrogen) atoms. The molecule has 0 aromatic rings. The molecular formula is C11H22NO4P. The number of allylic oxidation sites excluding steroid dienone is 1. The number of carbonyl (C=O) groups is 1. The lowest BCUT2D eigenvalue weighted by Crippen LogP contribution is -2.22. The molecule has 0 saturated heterocycles. The zero-order valence-electron chi connectivity index (χ0n) is 10.9. The van der Waals surface area contributed by atoms with Crippen molar-refractivity contribution in [2.75, 3.05) is 13.2 Å². The number of amides is 1. The van der Waals surface area contributed by atoms with E-state index in [1.807, 2.05) is 6.92 Å². The molecule has 5 nitrogen and oxygen atoms in total. The molecule has 0 heterocycles. The fraction of sp³-hybridized carbons (Fsp3) is 0.727. The van der Waals surface area contributed by atoms with Gasteiger partial charge < -0.3 is 14.4 Å². The molecule has 100 valence electrons. The first-order valence-electron chi connectivity index (χ1n) is 5.77. The van der Waals surface area contributed by atoms with E-state index in [0.717, 1.165) is 0 Å². The summed E-state index contributed by atoms with van der Waals surface area (Å²) in [5.74, 6) is 0. The average Bonchev–Trinajstić information content (AvgIpc) is 2.27. The third-order valence-electron chi connectivity index (χ3n) is 2.13. The van der Waals surface area contributed by atoms with Crippen LogP contribution in [0.1, 0.15) is 27.7 Å². The quantitative estimate of drug-likeness (QED) is 0.394. The van der Waals surface area contributed by atoms with Gasteiger partial charge in [-0.25, -0.2) is 0 Å². The van der Waals surface area contributed by atoms with E-state index in [9.17, 15) is 9.36 Å². The standard InChI is InChI=1S/C11H22NO4P/c1-5-15-17(14,16-6-2)11(4)8-7-10(3)12-9-13/h7-11H,5-6H2,1-4H3,(H,12,13). The van der Waals surface area contributed by atoms with Crippen molar-refractivity contribution in [1.29, 1.82) is 0 Å². The zero-order valence-corrected chi connectivity index (χ0v) is 11.8. The molecule has 0 radical (unpaired) electrons. The van der Waals surface area contributed by atoms with Crippen molar-refractivity contribution in [2.45, 2.75) is 39.4 Å². The van der Waals surface area contributed by atoms with Gasteiger partial charge in [0.1, 0.15) is 0 Å². The molecule has 2 unspecified atom stereocenters. The van der Waals surface area contributed by atoms with Gasteiger partial charge in [-0.05, 0) is 27.7 Å². The van der Waals surface area contributed by atoms with Crippen molar-refractivity contribution in [3.05, 3.63) is 12.2 Å². The molecule has 0 rings (SSSR count). The summed E-state index contributed by atoms with van der Waals surface area (Å²) in [5, 5.41) is 2.58. The Labute approximate surface area is 103 Å². The first kappa shape index (κ1) is 16.4. The first-order valence-corrected chi connectivity index (χ1v) is 7.38. The molecular weight excluding hydrogens is 241 g/mol. The number of rotatable bonds is 9. The van der Waals surface area contributed by atoms with Crippen LogP contribution in [-0.2, 0) is 18.4 Å². The van der Waals surface area contributed by atoms with E-state index in [0.29, 0.717) is 19.6 Å². The molecule has 0 aromatic carbocycles. The lowest BCUT2D eigenvalue weighted by atomic mass is 10.3. The van der Waals surface area contributed by atoms with Crippen LogP contribution in [0, 0.1) is 0 Å². The van der Waals surface area contributed by atoms with Crippen LogP contribution in [0.25, 0.3) is 0 Å². The highest BCUT2D eigenvalue weighted by molar-refractivity contribution is 7.54. The SMILES string of the molecule is CCOP(=O)(OCC)C(C)C=CC(C)NC=O. The van der Waals surface area contributed by atoms with Crippen molar-refractivity contribution >= 4 is 14.0 Å². The smallest absolute Gasteiger partial charge is 0.337 e. The van der Waals surface area contributed by atoms with Crippen LogP contribution in [0.15, 0.2) is 12.2 Å². The molecule has 0 aliphatic rings. The van der Waals surface area contributed by atoms with E-state index in [-0.39, 0.29) is 11.7 Å². The third kappa shape index (κ3) is 6.01. The summed E-state index contributed by atoms with van der Waals surface area (Å²) >= 11 is 0. The number of nitrogens with one attached hydrogen (secondary N) is 1. The maximum Gasteiger partial charge on any atom is 0.337 e. The summed E-state index contributed by atoms with van der Waals surface area (Å²) in [7, 11) is -3.09. The Balaban J connectivity index is 4.56. The van der Waals surface area contributed by atoms with E-state index in [1.165, 1.54) is 0 Å². The van der Waals surface area contributed by atoms with Gasteiger partial charge in [-0.3, -0.25) is 9.36 Å². The molecule has 0 aliphatic heterocycles. The first-order chi connectivity index (χ1) is 8.00. The Morgan fingerprint density at radius 1 is 1.18 bits per heavy atom. The Kier molecular flexibility index (Phi) is 8.13. The maximum atomic E-state index is 12.3. The molecule has 0 aromatic heterocycles. The summed E-state index contributed by atoms with van der Waals surface area (Å²) in [6.45, 7) is 7.84. The molecule has 0 bridgehead atoms. The van der Waals surface area contributed by atoms with Gasteiger partial charge in [0.25, 0.3) is 0 Å². The average molecular weight is 263 g/mol. The summed E-state index contributed by atoms with van der Waals surface area (Å²) in [6, 6.07) is -0.105. The zero-order chi connectivity index (χ0) is 13.3. The molecule has 0 spiro atoms. The van der Waals surface area contributed by atoms with Crippen LogP contribution in [0.2, 0.25) is 0 Å². The summed E-state index contributed by atoms with van der Waals surface area (Å²) in [5.41, 5.74) is -0.335.